The number of ether oxygens (including phenoxy) is 1. The molecule has 0 heterocycles. The van der Waals surface area contributed by atoms with Crippen LogP contribution in [0.2, 0.25) is 10.0 Å². The quantitative estimate of drug-likeness (QED) is 0.622. The molecular weight excluding hydrogens is 223 g/mol. The van der Waals surface area contributed by atoms with Crippen LogP contribution in [-0.2, 0) is 0 Å². The molecule has 0 bridgehead atoms. The van der Waals surface area contributed by atoms with Gasteiger partial charge in [0.15, 0.2) is 6.10 Å². The van der Waals surface area contributed by atoms with Crippen LogP contribution in [0.1, 0.15) is 6.92 Å². The van der Waals surface area contributed by atoms with Crippen molar-refractivity contribution in [2.24, 2.45) is 5.73 Å². The van der Waals surface area contributed by atoms with E-state index in [1.54, 1.807) is 25.1 Å². The summed E-state index contributed by atoms with van der Waals surface area (Å²) in [5, 5.41) is 8.02. The summed E-state index contributed by atoms with van der Waals surface area (Å²) in [5.74, 6) is 0.512. The molecule has 0 radical (unpaired) electrons. The number of nitrogens with one attached hydrogen (secondary N) is 1. The molecule has 0 saturated carbocycles. The van der Waals surface area contributed by atoms with Crippen molar-refractivity contribution in [2.45, 2.75) is 13.0 Å². The molecule has 0 spiro atoms. The Morgan fingerprint density at radius 3 is 2.57 bits per heavy atom. The Kier molecular flexibility index (Phi) is 3.61. The van der Waals surface area contributed by atoms with Crippen molar-refractivity contribution in [1.82, 2.24) is 0 Å². The van der Waals surface area contributed by atoms with Crippen molar-refractivity contribution in [3.05, 3.63) is 28.2 Å². The highest BCUT2D eigenvalue weighted by Gasteiger charge is 2.07. The molecule has 0 aromatic heterocycles. The summed E-state index contributed by atoms with van der Waals surface area (Å²) in [6.45, 7) is 1.69. The van der Waals surface area contributed by atoms with Crippen molar-refractivity contribution in [3.8, 4) is 5.75 Å². The lowest BCUT2D eigenvalue weighted by atomic mass is 10.3. The van der Waals surface area contributed by atoms with E-state index in [9.17, 15) is 0 Å². The van der Waals surface area contributed by atoms with E-state index in [2.05, 4.69) is 0 Å². The zero-order valence-electron chi connectivity index (χ0n) is 7.55. The number of benzene rings is 1. The Hall–Kier alpha value is -0.930. The van der Waals surface area contributed by atoms with Crippen LogP contribution in [0.25, 0.3) is 0 Å². The fraction of sp³-hybridized carbons (Fsp3) is 0.222. The molecule has 5 heteroatoms. The molecule has 3 nitrogen and oxygen atoms in total. The fourth-order valence-electron chi connectivity index (χ4n) is 0.818. The Labute approximate surface area is 92.3 Å². The van der Waals surface area contributed by atoms with Crippen LogP contribution in [0, 0.1) is 5.41 Å². The second-order valence-corrected chi connectivity index (χ2v) is 3.61. The molecule has 0 aliphatic carbocycles. The lowest BCUT2D eigenvalue weighted by Crippen LogP contribution is -2.29. The number of hydrogen-bond acceptors (Lipinski definition) is 2. The number of nitrogens with two attached hydrogens (primary N) is 1. The van der Waals surface area contributed by atoms with Gasteiger partial charge in [-0.15, -0.1) is 0 Å². The van der Waals surface area contributed by atoms with Gasteiger partial charge in [-0.3, -0.25) is 5.41 Å². The predicted molar refractivity (Wildman–Crippen MR) is 58.5 cm³/mol. The van der Waals surface area contributed by atoms with Crippen molar-refractivity contribution in [2.75, 3.05) is 0 Å². The summed E-state index contributed by atoms with van der Waals surface area (Å²) < 4.78 is 5.32. The van der Waals surface area contributed by atoms with Crippen LogP contribution in [0.4, 0.5) is 0 Å². The Morgan fingerprint density at radius 1 is 1.43 bits per heavy atom. The van der Waals surface area contributed by atoms with Gasteiger partial charge in [-0.05, 0) is 19.1 Å². The van der Waals surface area contributed by atoms with E-state index in [0.29, 0.717) is 15.8 Å². The van der Waals surface area contributed by atoms with Crippen LogP contribution < -0.4 is 10.5 Å². The smallest absolute Gasteiger partial charge is 0.152 e. The molecule has 0 fully saturated rings. The zero-order chi connectivity index (χ0) is 10.7. The van der Waals surface area contributed by atoms with E-state index in [1.165, 1.54) is 0 Å². The largest absolute Gasteiger partial charge is 0.483 e. The van der Waals surface area contributed by atoms with Crippen LogP contribution >= 0.6 is 23.2 Å². The Morgan fingerprint density at radius 2 is 2.07 bits per heavy atom. The van der Waals surface area contributed by atoms with Gasteiger partial charge in [0, 0.05) is 6.07 Å². The van der Waals surface area contributed by atoms with Crippen LogP contribution in [0.5, 0.6) is 5.75 Å². The molecular formula is C9H10Cl2N2O. The highest BCUT2D eigenvalue weighted by molar-refractivity contribution is 6.42. The minimum Gasteiger partial charge on any atom is -0.483 e. The summed E-state index contributed by atoms with van der Waals surface area (Å²) in [5.41, 5.74) is 5.25. The minimum atomic E-state index is -0.466. The molecule has 1 aromatic carbocycles. The van der Waals surface area contributed by atoms with E-state index in [1.807, 2.05) is 0 Å². The predicted octanol–water partition coefficient (Wildman–Crippen LogP) is 2.70. The van der Waals surface area contributed by atoms with E-state index in [-0.39, 0.29) is 5.84 Å². The molecule has 76 valence electrons. The third kappa shape index (κ3) is 2.79. The van der Waals surface area contributed by atoms with Gasteiger partial charge in [0.25, 0.3) is 0 Å². The molecule has 0 aliphatic rings. The van der Waals surface area contributed by atoms with Gasteiger partial charge in [0.05, 0.1) is 10.0 Å². The van der Waals surface area contributed by atoms with Gasteiger partial charge in [0.2, 0.25) is 0 Å². The molecule has 1 rings (SSSR count). The average Bonchev–Trinajstić information content (AvgIpc) is 2.11. The van der Waals surface area contributed by atoms with E-state index in [4.69, 9.17) is 39.1 Å². The number of amidine groups is 1. The topological polar surface area (TPSA) is 59.1 Å². The van der Waals surface area contributed by atoms with Crippen molar-refractivity contribution in [3.63, 3.8) is 0 Å². The molecule has 1 aromatic rings. The second kappa shape index (κ2) is 4.53. The van der Waals surface area contributed by atoms with Gasteiger partial charge in [-0.1, -0.05) is 23.2 Å². The van der Waals surface area contributed by atoms with Crippen LogP contribution in [0.3, 0.4) is 0 Å². The van der Waals surface area contributed by atoms with E-state index < -0.39 is 6.10 Å². The fourth-order valence-corrected chi connectivity index (χ4v) is 1.11. The standard InChI is InChI=1S/C9H10Cl2N2O/c1-5(9(12)13)14-6-2-3-7(10)8(11)4-6/h2-5H,1H3,(H3,12,13). The maximum atomic E-state index is 7.14. The summed E-state index contributed by atoms with van der Waals surface area (Å²) in [6, 6.07) is 4.89. The first kappa shape index (κ1) is 11.1. The first-order valence-corrected chi connectivity index (χ1v) is 4.72. The second-order valence-electron chi connectivity index (χ2n) is 2.79. The van der Waals surface area contributed by atoms with Crippen LogP contribution in [0.15, 0.2) is 18.2 Å². The summed E-state index contributed by atoms with van der Waals surface area (Å²) in [7, 11) is 0. The van der Waals surface area contributed by atoms with Gasteiger partial charge in [0.1, 0.15) is 11.6 Å². The SMILES string of the molecule is CC(Oc1ccc(Cl)c(Cl)c1)C(=N)N. The Bertz CT molecular complexity index is 355. The van der Waals surface area contributed by atoms with Crippen molar-refractivity contribution >= 4 is 29.0 Å². The van der Waals surface area contributed by atoms with E-state index in [0.717, 1.165) is 0 Å². The summed E-state index contributed by atoms with van der Waals surface area (Å²) in [4.78, 5) is 0. The minimum absolute atomic E-state index is 0.0314. The van der Waals surface area contributed by atoms with Crippen molar-refractivity contribution < 1.29 is 4.74 Å². The highest BCUT2D eigenvalue weighted by atomic mass is 35.5. The first-order valence-electron chi connectivity index (χ1n) is 3.96. The van der Waals surface area contributed by atoms with Gasteiger partial charge in [-0.25, -0.2) is 0 Å². The Balaban J connectivity index is 2.78. The van der Waals surface area contributed by atoms with Gasteiger partial charge >= 0.3 is 0 Å². The highest BCUT2D eigenvalue weighted by Crippen LogP contribution is 2.26. The number of rotatable bonds is 3. The third-order valence-corrected chi connectivity index (χ3v) is 2.38. The molecule has 1 unspecified atom stereocenters. The lowest BCUT2D eigenvalue weighted by molar-refractivity contribution is 0.285. The molecule has 0 amide bonds. The monoisotopic (exact) mass is 232 g/mol. The van der Waals surface area contributed by atoms with Gasteiger partial charge < -0.3 is 10.5 Å². The summed E-state index contributed by atoms with van der Waals surface area (Å²) in [6.07, 6.45) is -0.466. The third-order valence-electron chi connectivity index (χ3n) is 1.64. The average molecular weight is 233 g/mol. The molecule has 14 heavy (non-hydrogen) atoms. The number of halogens is 2. The van der Waals surface area contributed by atoms with Crippen LogP contribution in [-0.4, -0.2) is 11.9 Å². The molecule has 0 aliphatic heterocycles. The lowest BCUT2D eigenvalue weighted by Gasteiger charge is -2.13. The zero-order valence-corrected chi connectivity index (χ0v) is 9.06. The van der Waals surface area contributed by atoms with Gasteiger partial charge in [-0.2, -0.15) is 0 Å². The number of hydrogen-bond donors (Lipinski definition) is 2. The molecule has 3 N–H and O–H groups in total. The summed E-state index contributed by atoms with van der Waals surface area (Å²) >= 11 is 11.5. The molecule has 0 saturated heterocycles. The molecule has 1 atom stereocenters. The van der Waals surface area contributed by atoms with E-state index >= 15 is 0 Å². The first-order chi connectivity index (χ1) is 6.50. The maximum absolute atomic E-state index is 7.14. The maximum Gasteiger partial charge on any atom is 0.152 e. The normalized spacial score (nSPS) is 12.2. The van der Waals surface area contributed by atoms with Crippen molar-refractivity contribution in [1.29, 1.82) is 5.41 Å².